The van der Waals surface area contributed by atoms with Gasteiger partial charge in [0, 0.05) is 17.2 Å². The van der Waals surface area contributed by atoms with Crippen molar-refractivity contribution in [1.29, 1.82) is 5.41 Å². The third-order valence-electron chi connectivity index (χ3n) is 2.87. The van der Waals surface area contributed by atoms with E-state index in [0.29, 0.717) is 5.92 Å². The largest absolute Gasteiger partial charge is 0.496 e. The summed E-state index contributed by atoms with van der Waals surface area (Å²) >= 11 is 0. The molecule has 0 radical (unpaired) electrons. The van der Waals surface area contributed by atoms with Crippen molar-refractivity contribution < 1.29 is 4.74 Å². The Kier molecular flexibility index (Phi) is 2.53. The molecule has 1 aliphatic rings. The van der Waals surface area contributed by atoms with Crippen molar-refractivity contribution in [2.45, 2.75) is 25.2 Å². The lowest BCUT2D eigenvalue weighted by Gasteiger charge is -2.14. The van der Waals surface area contributed by atoms with Crippen molar-refractivity contribution >= 4 is 5.71 Å². The topological polar surface area (TPSA) is 33.1 Å². The average molecular weight is 189 g/mol. The molecule has 2 rings (SSSR count). The van der Waals surface area contributed by atoms with Crippen LogP contribution in [0.4, 0.5) is 0 Å². The molecular weight excluding hydrogens is 174 g/mol. The lowest BCUT2D eigenvalue weighted by molar-refractivity contribution is 0.408. The van der Waals surface area contributed by atoms with Crippen LogP contribution in [0.2, 0.25) is 0 Å². The molecule has 0 saturated heterocycles. The number of hydrogen-bond donors (Lipinski definition) is 1. The van der Waals surface area contributed by atoms with Crippen LogP contribution in [0.25, 0.3) is 0 Å². The van der Waals surface area contributed by atoms with E-state index in [1.807, 2.05) is 18.2 Å². The minimum Gasteiger partial charge on any atom is -0.496 e. The molecule has 1 saturated carbocycles. The molecule has 1 aliphatic carbocycles. The third-order valence-corrected chi connectivity index (χ3v) is 2.87. The zero-order valence-electron chi connectivity index (χ0n) is 8.42. The van der Waals surface area contributed by atoms with Gasteiger partial charge in [0.25, 0.3) is 0 Å². The highest BCUT2D eigenvalue weighted by atomic mass is 16.5. The molecular formula is C12H15NO. The summed E-state index contributed by atoms with van der Waals surface area (Å²) in [6.07, 6.45) is 3.18. The third kappa shape index (κ3) is 1.52. The average Bonchev–Trinajstić information content (AvgIpc) is 2.64. The fourth-order valence-electron chi connectivity index (χ4n) is 2.14. The van der Waals surface area contributed by atoms with Crippen LogP contribution in [-0.4, -0.2) is 12.8 Å². The van der Waals surface area contributed by atoms with E-state index >= 15 is 0 Å². The lowest BCUT2D eigenvalue weighted by Crippen LogP contribution is -2.05. The standard InChI is InChI=1S/C12H15NO/c1-14-12-8-3-2-5-10(12)9-6-4-7-11(9)13/h2-3,5,8-9,13H,4,6-7H2,1H3. The molecule has 0 aromatic heterocycles. The predicted octanol–water partition coefficient (Wildman–Crippen LogP) is 2.98. The van der Waals surface area contributed by atoms with Crippen molar-refractivity contribution in [3.8, 4) is 5.75 Å². The van der Waals surface area contributed by atoms with Crippen molar-refractivity contribution in [3.05, 3.63) is 29.8 Å². The number of benzene rings is 1. The van der Waals surface area contributed by atoms with E-state index in [4.69, 9.17) is 10.1 Å². The second-order valence-electron chi connectivity index (χ2n) is 3.71. The monoisotopic (exact) mass is 189 g/mol. The van der Waals surface area contributed by atoms with Gasteiger partial charge in [0.1, 0.15) is 5.75 Å². The van der Waals surface area contributed by atoms with Gasteiger partial charge in [0.05, 0.1) is 7.11 Å². The van der Waals surface area contributed by atoms with Crippen LogP contribution in [0.1, 0.15) is 30.7 Å². The van der Waals surface area contributed by atoms with Gasteiger partial charge in [-0.1, -0.05) is 18.2 Å². The first-order valence-electron chi connectivity index (χ1n) is 5.03. The highest BCUT2D eigenvalue weighted by molar-refractivity contribution is 5.90. The fourth-order valence-corrected chi connectivity index (χ4v) is 2.14. The Hall–Kier alpha value is -1.31. The molecule has 1 N–H and O–H groups in total. The summed E-state index contributed by atoms with van der Waals surface area (Å²) in [7, 11) is 1.69. The fraction of sp³-hybridized carbons (Fsp3) is 0.417. The van der Waals surface area contributed by atoms with Gasteiger partial charge in [-0.25, -0.2) is 0 Å². The molecule has 0 spiro atoms. The van der Waals surface area contributed by atoms with Crippen LogP contribution in [0.5, 0.6) is 5.75 Å². The Bertz CT molecular complexity index is 346. The smallest absolute Gasteiger partial charge is 0.122 e. The lowest BCUT2D eigenvalue weighted by atomic mass is 9.95. The van der Waals surface area contributed by atoms with Crippen LogP contribution >= 0.6 is 0 Å². The zero-order chi connectivity index (χ0) is 9.97. The summed E-state index contributed by atoms with van der Waals surface area (Å²) in [5.41, 5.74) is 2.03. The van der Waals surface area contributed by atoms with E-state index in [0.717, 1.165) is 30.7 Å². The molecule has 1 unspecified atom stereocenters. The Morgan fingerprint density at radius 1 is 1.36 bits per heavy atom. The maximum atomic E-state index is 7.86. The van der Waals surface area contributed by atoms with Gasteiger partial charge in [-0.05, 0) is 25.3 Å². The molecule has 0 heterocycles. The predicted molar refractivity (Wildman–Crippen MR) is 57.3 cm³/mol. The second-order valence-corrected chi connectivity index (χ2v) is 3.71. The minimum absolute atomic E-state index is 0.297. The van der Waals surface area contributed by atoms with Crippen LogP contribution in [-0.2, 0) is 0 Å². The van der Waals surface area contributed by atoms with Crippen molar-refractivity contribution in [3.63, 3.8) is 0 Å². The van der Waals surface area contributed by atoms with Gasteiger partial charge in [-0.15, -0.1) is 0 Å². The van der Waals surface area contributed by atoms with E-state index in [1.165, 1.54) is 5.56 Å². The molecule has 2 heteroatoms. The summed E-state index contributed by atoms with van der Waals surface area (Å²) in [5.74, 6) is 1.22. The first-order valence-corrected chi connectivity index (χ1v) is 5.03. The minimum atomic E-state index is 0.297. The van der Waals surface area contributed by atoms with Gasteiger partial charge in [0.15, 0.2) is 0 Å². The van der Waals surface area contributed by atoms with E-state index in [9.17, 15) is 0 Å². The van der Waals surface area contributed by atoms with Crippen LogP contribution in [0, 0.1) is 5.41 Å². The Morgan fingerprint density at radius 3 is 2.79 bits per heavy atom. The van der Waals surface area contributed by atoms with Crippen LogP contribution < -0.4 is 4.74 Å². The summed E-state index contributed by atoms with van der Waals surface area (Å²) in [6.45, 7) is 0. The van der Waals surface area contributed by atoms with Gasteiger partial charge >= 0.3 is 0 Å². The molecule has 1 fully saturated rings. The Balaban J connectivity index is 2.35. The maximum Gasteiger partial charge on any atom is 0.122 e. The molecule has 0 amide bonds. The molecule has 1 aromatic rings. The number of rotatable bonds is 2. The Morgan fingerprint density at radius 2 is 2.14 bits per heavy atom. The van der Waals surface area contributed by atoms with E-state index in [2.05, 4.69) is 6.07 Å². The summed E-state index contributed by atoms with van der Waals surface area (Å²) < 4.78 is 5.31. The highest BCUT2D eigenvalue weighted by Crippen LogP contribution is 2.36. The number of methoxy groups -OCH3 is 1. The summed E-state index contributed by atoms with van der Waals surface area (Å²) in [4.78, 5) is 0. The van der Waals surface area contributed by atoms with Gasteiger partial charge in [-0.2, -0.15) is 0 Å². The summed E-state index contributed by atoms with van der Waals surface area (Å²) in [5, 5.41) is 7.86. The Labute approximate surface area is 84.4 Å². The normalized spacial score (nSPS) is 21.2. The van der Waals surface area contributed by atoms with E-state index in [-0.39, 0.29) is 0 Å². The van der Waals surface area contributed by atoms with Gasteiger partial charge < -0.3 is 10.1 Å². The number of hydrogen-bond acceptors (Lipinski definition) is 2. The molecule has 2 nitrogen and oxygen atoms in total. The highest BCUT2D eigenvalue weighted by Gasteiger charge is 2.24. The summed E-state index contributed by atoms with van der Waals surface area (Å²) in [6, 6.07) is 8.04. The molecule has 1 atom stereocenters. The van der Waals surface area contributed by atoms with E-state index < -0.39 is 0 Å². The van der Waals surface area contributed by atoms with Gasteiger partial charge in [-0.3, -0.25) is 0 Å². The number of para-hydroxylation sites is 1. The molecule has 0 bridgehead atoms. The SMILES string of the molecule is COc1ccccc1C1CCCC1=N. The molecule has 14 heavy (non-hydrogen) atoms. The quantitative estimate of drug-likeness (QED) is 0.762. The van der Waals surface area contributed by atoms with Gasteiger partial charge in [0.2, 0.25) is 0 Å². The van der Waals surface area contributed by atoms with Crippen molar-refractivity contribution in [2.75, 3.05) is 7.11 Å². The molecule has 74 valence electrons. The second kappa shape index (κ2) is 3.82. The first-order chi connectivity index (χ1) is 6.83. The molecule has 0 aliphatic heterocycles. The number of nitrogens with one attached hydrogen (secondary N) is 1. The number of ether oxygens (including phenoxy) is 1. The zero-order valence-corrected chi connectivity index (χ0v) is 8.42. The molecule has 1 aromatic carbocycles. The maximum absolute atomic E-state index is 7.86. The van der Waals surface area contributed by atoms with E-state index in [1.54, 1.807) is 7.11 Å². The van der Waals surface area contributed by atoms with Crippen molar-refractivity contribution in [1.82, 2.24) is 0 Å². The van der Waals surface area contributed by atoms with Crippen molar-refractivity contribution in [2.24, 2.45) is 0 Å². The van der Waals surface area contributed by atoms with Crippen LogP contribution in [0.3, 0.4) is 0 Å². The van der Waals surface area contributed by atoms with Crippen LogP contribution in [0.15, 0.2) is 24.3 Å². The first kappa shape index (κ1) is 9.25.